The average Bonchev–Trinajstić information content (AvgIpc) is 2.67. The Kier molecular flexibility index (Phi) is 5.36. The van der Waals surface area contributed by atoms with Crippen LogP contribution >= 0.6 is 11.8 Å². The van der Waals surface area contributed by atoms with Gasteiger partial charge in [-0.25, -0.2) is 4.79 Å². The monoisotopic (exact) mass is 346 g/mol. The zero-order chi connectivity index (χ0) is 17.6. The summed E-state index contributed by atoms with van der Waals surface area (Å²) in [5, 5.41) is 9.81. The molecule has 0 fully saturated rings. The van der Waals surface area contributed by atoms with Crippen molar-refractivity contribution in [2.24, 2.45) is 0 Å². The van der Waals surface area contributed by atoms with Crippen molar-refractivity contribution in [2.45, 2.75) is 4.90 Å². The van der Waals surface area contributed by atoms with Gasteiger partial charge in [-0.15, -0.1) is 11.8 Å². The van der Waals surface area contributed by atoms with Gasteiger partial charge in [-0.1, -0.05) is 72.8 Å². The normalized spacial score (nSPS) is 11.3. The Morgan fingerprint density at radius 3 is 2.12 bits per heavy atom. The highest BCUT2D eigenvalue weighted by molar-refractivity contribution is 7.98. The summed E-state index contributed by atoms with van der Waals surface area (Å²) < 4.78 is 0. The number of carboxylic acids is 1. The van der Waals surface area contributed by atoms with Crippen molar-refractivity contribution in [1.29, 1.82) is 0 Å². The van der Waals surface area contributed by atoms with Gasteiger partial charge < -0.3 is 5.11 Å². The summed E-state index contributed by atoms with van der Waals surface area (Å²) in [4.78, 5) is 13.1. The van der Waals surface area contributed by atoms with Crippen molar-refractivity contribution in [3.63, 3.8) is 0 Å². The van der Waals surface area contributed by atoms with Crippen LogP contribution in [0.3, 0.4) is 0 Å². The van der Waals surface area contributed by atoms with Gasteiger partial charge in [0.05, 0.1) is 5.57 Å². The molecule has 0 bridgehead atoms. The highest BCUT2D eigenvalue weighted by Crippen LogP contribution is 2.35. The van der Waals surface area contributed by atoms with Crippen LogP contribution in [0.1, 0.15) is 11.1 Å². The minimum atomic E-state index is -0.932. The summed E-state index contributed by atoms with van der Waals surface area (Å²) in [5.74, 6) is -0.932. The molecule has 0 aliphatic carbocycles. The SMILES string of the molecule is CSc1ccccc1-c1ccccc1/C(=C/c1ccccc1)C(=O)O. The van der Waals surface area contributed by atoms with E-state index in [2.05, 4.69) is 6.07 Å². The van der Waals surface area contributed by atoms with E-state index in [1.54, 1.807) is 17.8 Å². The summed E-state index contributed by atoms with van der Waals surface area (Å²) in [6.07, 6.45) is 3.75. The van der Waals surface area contributed by atoms with E-state index in [9.17, 15) is 9.90 Å². The Hall–Kier alpha value is -2.78. The van der Waals surface area contributed by atoms with Crippen LogP contribution in [0.25, 0.3) is 22.8 Å². The first-order valence-corrected chi connectivity index (χ1v) is 9.16. The fourth-order valence-electron chi connectivity index (χ4n) is 2.79. The molecule has 3 heteroatoms. The van der Waals surface area contributed by atoms with E-state index >= 15 is 0 Å². The van der Waals surface area contributed by atoms with Crippen molar-refractivity contribution >= 4 is 29.4 Å². The fourth-order valence-corrected chi connectivity index (χ4v) is 3.40. The van der Waals surface area contributed by atoms with E-state index in [1.807, 2.05) is 79.1 Å². The van der Waals surface area contributed by atoms with Crippen LogP contribution in [0.4, 0.5) is 0 Å². The highest BCUT2D eigenvalue weighted by Gasteiger charge is 2.16. The summed E-state index contributed by atoms with van der Waals surface area (Å²) in [6, 6.07) is 25.3. The van der Waals surface area contributed by atoms with Crippen molar-refractivity contribution in [3.8, 4) is 11.1 Å². The second-order valence-electron chi connectivity index (χ2n) is 5.52. The van der Waals surface area contributed by atoms with Gasteiger partial charge in [0.1, 0.15) is 0 Å². The molecule has 0 aromatic heterocycles. The minimum absolute atomic E-state index is 0.290. The molecule has 2 nitrogen and oxygen atoms in total. The van der Waals surface area contributed by atoms with Gasteiger partial charge in [-0.2, -0.15) is 0 Å². The number of benzene rings is 3. The smallest absolute Gasteiger partial charge is 0.336 e. The molecule has 3 aromatic rings. The van der Waals surface area contributed by atoms with E-state index < -0.39 is 5.97 Å². The molecule has 0 aliphatic heterocycles. The van der Waals surface area contributed by atoms with E-state index in [1.165, 1.54) is 0 Å². The molecule has 0 saturated heterocycles. The molecule has 0 radical (unpaired) electrons. The second kappa shape index (κ2) is 7.86. The molecule has 0 atom stereocenters. The van der Waals surface area contributed by atoms with Crippen LogP contribution in [0.15, 0.2) is 83.8 Å². The average molecular weight is 346 g/mol. The van der Waals surface area contributed by atoms with Gasteiger partial charge in [-0.05, 0) is 40.7 Å². The summed E-state index contributed by atoms with van der Waals surface area (Å²) in [5.41, 5.74) is 3.86. The third kappa shape index (κ3) is 3.83. The molecule has 0 unspecified atom stereocenters. The van der Waals surface area contributed by atoms with Crippen LogP contribution in [0.5, 0.6) is 0 Å². The lowest BCUT2D eigenvalue weighted by Crippen LogP contribution is -2.02. The molecule has 0 amide bonds. The lowest BCUT2D eigenvalue weighted by atomic mass is 9.93. The quantitative estimate of drug-likeness (QED) is 0.366. The number of hydrogen-bond acceptors (Lipinski definition) is 2. The lowest BCUT2D eigenvalue weighted by Gasteiger charge is -2.13. The van der Waals surface area contributed by atoms with Gasteiger partial charge in [0.2, 0.25) is 0 Å². The molecular formula is C22H18O2S. The predicted molar refractivity (Wildman–Crippen MR) is 106 cm³/mol. The molecular weight excluding hydrogens is 328 g/mol. The number of aliphatic carboxylic acids is 1. The Balaban J connectivity index is 2.20. The number of hydrogen-bond donors (Lipinski definition) is 1. The zero-order valence-corrected chi connectivity index (χ0v) is 14.7. The first-order valence-electron chi connectivity index (χ1n) is 7.93. The Morgan fingerprint density at radius 2 is 1.44 bits per heavy atom. The molecule has 3 rings (SSSR count). The Bertz CT molecular complexity index is 914. The largest absolute Gasteiger partial charge is 0.478 e. The molecule has 1 N–H and O–H groups in total. The molecule has 0 heterocycles. The molecule has 0 saturated carbocycles. The fraction of sp³-hybridized carbons (Fsp3) is 0.0455. The highest BCUT2D eigenvalue weighted by atomic mass is 32.2. The summed E-state index contributed by atoms with van der Waals surface area (Å²) in [7, 11) is 0. The third-order valence-electron chi connectivity index (χ3n) is 3.96. The van der Waals surface area contributed by atoms with Gasteiger partial charge in [0, 0.05) is 4.90 Å². The van der Waals surface area contributed by atoms with E-state index in [0.29, 0.717) is 0 Å². The first-order chi connectivity index (χ1) is 12.2. The van der Waals surface area contributed by atoms with Crippen LogP contribution < -0.4 is 0 Å². The van der Waals surface area contributed by atoms with Crippen LogP contribution in [0.2, 0.25) is 0 Å². The maximum atomic E-state index is 12.0. The van der Waals surface area contributed by atoms with Crippen molar-refractivity contribution in [1.82, 2.24) is 0 Å². The van der Waals surface area contributed by atoms with Crippen LogP contribution in [-0.2, 0) is 4.79 Å². The van der Waals surface area contributed by atoms with Gasteiger partial charge in [0.25, 0.3) is 0 Å². The topological polar surface area (TPSA) is 37.3 Å². The molecule has 25 heavy (non-hydrogen) atoms. The lowest BCUT2D eigenvalue weighted by molar-refractivity contribution is -0.130. The number of thioether (sulfide) groups is 1. The molecule has 0 aliphatic rings. The van der Waals surface area contributed by atoms with Crippen LogP contribution in [-0.4, -0.2) is 17.3 Å². The molecule has 3 aromatic carbocycles. The van der Waals surface area contributed by atoms with Gasteiger partial charge in [0.15, 0.2) is 0 Å². The molecule has 0 spiro atoms. The Morgan fingerprint density at radius 1 is 0.840 bits per heavy atom. The van der Waals surface area contributed by atoms with Crippen molar-refractivity contribution < 1.29 is 9.90 Å². The first kappa shape index (κ1) is 17.1. The number of rotatable bonds is 5. The maximum absolute atomic E-state index is 12.0. The zero-order valence-electron chi connectivity index (χ0n) is 13.8. The standard InChI is InChI=1S/C22H18O2S/c1-25-21-14-8-7-13-19(21)17-11-5-6-12-18(17)20(22(23)24)15-16-9-3-2-4-10-16/h2-15H,1H3,(H,23,24)/b20-15-. The predicted octanol–water partition coefficient (Wildman–Crippen LogP) is 5.70. The van der Waals surface area contributed by atoms with Crippen LogP contribution in [0, 0.1) is 0 Å². The van der Waals surface area contributed by atoms with Gasteiger partial charge in [-0.3, -0.25) is 0 Å². The summed E-state index contributed by atoms with van der Waals surface area (Å²) >= 11 is 1.66. The van der Waals surface area contributed by atoms with Crippen molar-refractivity contribution in [3.05, 3.63) is 90.0 Å². The molecule has 124 valence electrons. The summed E-state index contributed by atoms with van der Waals surface area (Å²) in [6.45, 7) is 0. The number of carbonyl (C=O) groups is 1. The number of carboxylic acid groups (broad SMARTS) is 1. The third-order valence-corrected chi connectivity index (χ3v) is 4.75. The van der Waals surface area contributed by atoms with E-state index in [0.717, 1.165) is 27.1 Å². The van der Waals surface area contributed by atoms with Gasteiger partial charge >= 0.3 is 5.97 Å². The van der Waals surface area contributed by atoms with E-state index in [-0.39, 0.29) is 5.57 Å². The van der Waals surface area contributed by atoms with Crippen molar-refractivity contribution in [2.75, 3.05) is 6.26 Å². The maximum Gasteiger partial charge on any atom is 0.336 e. The van der Waals surface area contributed by atoms with E-state index in [4.69, 9.17) is 0 Å². The Labute approximate surface area is 151 Å². The second-order valence-corrected chi connectivity index (χ2v) is 6.37. The minimum Gasteiger partial charge on any atom is -0.478 e.